The average Bonchev–Trinajstić information content (AvgIpc) is 2.93. The number of hydrogen-bond donors (Lipinski definition) is 3. The molecule has 2 rings (SSSR count). The largest absolute Gasteiger partial charge is 0.389 e. The van der Waals surface area contributed by atoms with Crippen molar-refractivity contribution in [1.29, 1.82) is 0 Å². The molecule has 0 aliphatic rings. The van der Waals surface area contributed by atoms with Gasteiger partial charge in [0.2, 0.25) is 0 Å². The van der Waals surface area contributed by atoms with Crippen LogP contribution in [0.25, 0.3) is 0 Å². The fourth-order valence-corrected chi connectivity index (χ4v) is 2.97. The molecule has 4 nitrogen and oxygen atoms in total. The number of urea groups is 1. The molecule has 0 aliphatic heterocycles. The van der Waals surface area contributed by atoms with Gasteiger partial charge in [-0.05, 0) is 48.1 Å². The zero-order valence-corrected chi connectivity index (χ0v) is 13.0. The van der Waals surface area contributed by atoms with Crippen LogP contribution >= 0.6 is 11.3 Å². The molecule has 1 unspecified atom stereocenters. The van der Waals surface area contributed by atoms with Gasteiger partial charge in [-0.25, -0.2) is 4.79 Å². The van der Waals surface area contributed by atoms with E-state index < -0.39 is 6.10 Å². The van der Waals surface area contributed by atoms with E-state index >= 15 is 0 Å². The van der Waals surface area contributed by atoms with Crippen LogP contribution in [-0.4, -0.2) is 11.1 Å². The second-order valence-electron chi connectivity index (χ2n) is 4.83. The van der Waals surface area contributed by atoms with Crippen LogP contribution in [0.4, 0.5) is 10.5 Å². The number of carbonyl (C=O) groups is 1. The summed E-state index contributed by atoms with van der Waals surface area (Å²) >= 11 is 1.65. The third kappa shape index (κ3) is 4.31. The fraction of sp³-hybridized carbons (Fsp3) is 0.312. The topological polar surface area (TPSA) is 61.4 Å². The van der Waals surface area contributed by atoms with Gasteiger partial charge in [0.25, 0.3) is 0 Å². The molecule has 0 saturated heterocycles. The molecule has 0 saturated carbocycles. The number of aliphatic hydroxyl groups excluding tert-OH is 1. The van der Waals surface area contributed by atoms with E-state index in [1.807, 2.05) is 17.5 Å². The van der Waals surface area contributed by atoms with Gasteiger partial charge in [0, 0.05) is 10.6 Å². The number of rotatable bonds is 5. The Morgan fingerprint density at radius 1 is 1.38 bits per heavy atom. The summed E-state index contributed by atoms with van der Waals surface area (Å²) in [6.45, 7) is 4.33. The van der Waals surface area contributed by atoms with E-state index in [2.05, 4.69) is 23.6 Å². The summed E-state index contributed by atoms with van der Waals surface area (Å²) in [5.74, 6) is 0. The quantitative estimate of drug-likeness (QED) is 0.789. The molecule has 0 fully saturated rings. The molecule has 21 heavy (non-hydrogen) atoms. The standard InChI is InChI=1S/C16H20N2O2S/c1-3-12-7-8-21-15(12)10-17-16(20)18-14-6-4-5-13(9-14)11(2)19/h4-9,11,19H,3,10H2,1-2H3,(H2,17,18,20). The molecule has 0 spiro atoms. The Kier molecular flexibility index (Phi) is 5.36. The first-order valence-corrected chi connectivity index (χ1v) is 7.86. The molecule has 0 aliphatic carbocycles. The maximum Gasteiger partial charge on any atom is 0.319 e. The van der Waals surface area contributed by atoms with Gasteiger partial charge in [-0.3, -0.25) is 0 Å². The van der Waals surface area contributed by atoms with E-state index in [-0.39, 0.29) is 6.03 Å². The summed E-state index contributed by atoms with van der Waals surface area (Å²) in [7, 11) is 0. The molecular weight excluding hydrogens is 284 g/mol. The van der Waals surface area contributed by atoms with Crippen molar-refractivity contribution >= 4 is 23.1 Å². The van der Waals surface area contributed by atoms with Crippen molar-refractivity contribution < 1.29 is 9.90 Å². The van der Waals surface area contributed by atoms with Gasteiger partial charge in [0.05, 0.1) is 12.6 Å². The molecule has 1 atom stereocenters. The fourth-order valence-electron chi connectivity index (χ4n) is 2.05. The van der Waals surface area contributed by atoms with Crippen molar-refractivity contribution in [3.8, 4) is 0 Å². The van der Waals surface area contributed by atoms with Gasteiger partial charge in [-0.1, -0.05) is 19.1 Å². The Morgan fingerprint density at radius 2 is 2.19 bits per heavy atom. The van der Waals surface area contributed by atoms with Gasteiger partial charge in [0.1, 0.15) is 0 Å². The Labute approximate surface area is 128 Å². The highest BCUT2D eigenvalue weighted by Crippen LogP contribution is 2.18. The molecule has 3 N–H and O–H groups in total. The average molecular weight is 304 g/mol. The first kappa shape index (κ1) is 15.5. The lowest BCUT2D eigenvalue weighted by molar-refractivity contribution is 0.199. The number of aryl methyl sites for hydroxylation is 1. The molecule has 1 heterocycles. The van der Waals surface area contributed by atoms with Crippen LogP contribution in [0.2, 0.25) is 0 Å². The predicted molar refractivity (Wildman–Crippen MR) is 86.6 cm³/mol. The lowest BCUT2D eigenvalue weighted by Crippen LogP contribution is -2.28. The summed E-state index contributed by atoms with van der Waals surface area (Å²) in [6.07, 6.45) is 0.423. The number of thiophene rings is 1. The molecular formula is C16H20N2O2S. The number of aliphatic hydroxyl groups is 1. The lowest BCUT2D eigenvalue weighted by atomic mass is 10.1. The Balaban J connectivity index is 1.91. The van der Waals surface area contributed by atoms with Gasteiger partial charge in [-0.2, -0.15) is 0 Å². The minimum atomic E-state index is -0.548. The van der Waals surface area contributed by atoms with E-state index in [0.717, 1.165) is 12.0 Å². The highest BCUT2D eigenvalue weighted by Gasteiger charge is 2.07. The predicted octanol–water partition coefficient (Wildman–Crippen LogP) is 3.69. The van der Waals surface area contributed by atoms with Gasteiger partial charge in [0.15, 0.2) is 0 Å². The van der Waals surface area contributed by atoms with E-state index in [4.69, 9.17) is 0 Å². The van der Waals surface area contributed by atoms with Crippen LogP contribution in [0.15, 0.2) is 35.7 Å². The minimum Gasteiger partial charge on any atom is -0.389 e. The summed E-state index contributed by atoms with van der Waals surface area (Å²) in [4.78, 5) is 13.1. The SMILES string of the molecule is CCc1ccsc1CNC(=O)Nc1cccc(C(C)O)c1. The summed E-state index contributed by atoms with van der Waals surface area (Å²) in [5, 5.41) is 17.2. The number of anilines is 1. The summed E-state index contributed by atoms with van der Waals surface area (Å²) in [6, 6.07) is 9.05. The Bertz CT molecular complexity index is 608. The van der Waals surface area contributed by atoms with E-state index in [0.29, 0.717) is 12.2 Å². The maximum atomic E-state index is 11.9. The highest BCUT2D eigenvalue weighted by molar-refractivity contribution is 7.10. The normalized spacial score (nSPS) is 12.0. The zero-order valence-electron chi connectivity index (χ0n) is 12.2. The van der Waals surface area contributed by atoms with Crippen molar-refractivity contribution in [1.82, 2.24) is 5.32 Å². The molecule has 5 heteroatoms. The van der Waals surface area contributed by atoms with E-state index in [9.17, 15) is 9.90 Å². The van der Waals surface area contributed by atoms with Gasteiger partial charge >= 0.3 is 6.03 Å². The van der Waals surface area contributed by atoms with Crippen LogP contribution in [0.5, 0.6) is 0 Å². The second-order valence-corrected chi connectivity index (χ2v) is 5.83. The number of benzene rings is 1. The molecule has 1 aromatic heterocycles. The van der Waals surface area contributed by atoms with Crippen molar-refractivity contribution in [3.05, 3.63) is 51.7 Å². The highest BCUT2D eigenvalue weighted by atomic mass is 32.1. The third-order valence-corrected chi connectivity index (χ3v) is 4.22. The Hall–Kier alpha value is -1.85. The molecule has 0 radical (unpaired) electrons. The third-order valence-electron chi connectivity index (χ3n) is 3.25. The van der Waals surface area contributed by atoms with Crippen LogP contribution in [0.3, 0.4) is 0 Å². The summed E-state index contributed by atoms with van der Waals surface area (Å²) in [5.41, 5.74) is 2.73. The van der Waals surface area contributed by atoms with E-state index in [1.54, 1.807) is 30.4 Å². The number of carbonyl (C=O) groups excluding carboxylic acids is 1. The lowest BCUT2D eigenvalue weighted by Gasteiger charge is -2.10. The number of amides is 2. The van der Waals surface area contributed by atoms with Crippen molar-refractivity contribution in [2.75, 3.05) is 5.32 Å². The van der Waals surface area contributed by atoms with Gasteiger partial charge < -0.3 is 15.7 Å². The monoisotopic (exact) mass is 304 g/mol. The second kappa shape index (κ2) is 7.24. The molecule has 1 aromatic carbocycles. The smallest absolute Gasteiger partial charge is 0.319 e. The molecule has 2 aromatic rings. The van der Waals surface area contributed by atoms with Gasteiger partial charge in [-0.15, -0.1) is 11.3 Å². The molecule has 2 amide bonds. The van der Waals surface area contributed by atoms with Crippen molar-refractivity contribution in [2.24, 2.45) is 0 Å². The van der Waals surface area contributed by atoms with Crippen LogP contribution in [0, 0.1) is 0 Å². The van der Waals surface area contributed by atoms with E-state index in [1.165, 1.54) is 10.4 Å². The number of nitrogens with one attached hydrogen (secondary N) is 2. The molecule has 112 valence electrons. The summed E-state index contributed by atoms with van der Waals surface area (Å²) < 4.78 is 0. The Morgan fingerprint density at radius 3 is 2.90 bits per heavy atom. The van der Waals surface area contributed by atoms with Crippen LogP contribution in [-0.2, 0) is 13.0 Å². The van der Waals surface area contributed by atoms with Crippen LogP contribution < -0.4 is 10.6 Å². The first-order chi connectivity index (χ1) is 10.1. The number of hydrogen-bond acceptors (Lipinski definition) is 3. The van der Waals surface area contributed by atoms with Crippen molar-refractivity contribution in [3.63, 3.8) is 0 Å². The minimum absolute atomic E-state index is 0.242. The maximum absolute atomic E-state index is 11.9. The van der Waals surface area contributed by atoms with Crippen molar-refractivity contribution in [2.45, 2.75) is 32.9 Å². The van der Waals surface area contributed by atoms with Crippen LogP contribution in [0.1, 0.15) is 36.0 Å². The zero-order chi connectivity index (χ0) is 15.2. The first-order valence-electron chi connectivity index (χ1n) is 6.98. The molecule has 0 bridgehead atoms.